The van der Waals surface area contributed by atoms with E-state index in [4.69, 9.17) is 0 Å². The number of thioether (sulfide) groups is 1. The summed E-state index contributed by atoms with van der Waals surface area (Å²) in [5, 5.41) is 0.0860. The highest BCUT2D eigenvalue weighted by molar-refractivity contribution is 8.13. The van der Waals surface area contributed by atoms with Crippen molar-refractivity contribution < 1.29 is 9.59 Å². The molecule has 0 bridgehead atoms. The van der Waals surface area contributed by atoms with Crippen LogP contribution in [0.5, 0.6) is 0 Å². The van der Waals surface area contributed by atoms with Gasteiger partial charge >= 0.3 is 0 Å². The summed E-state index contributed by atoms with van der Waals surface area (Å²) in [7, 11) is 0. The lowest BCUT2D eigenvalue weighted by Gasteiger charge is -2.20. The Hall–Kier alpha value is -1.29. The van der Waals surface area contributed by atoms with E-state index >= 15 is 0 Å². The number of carbonyl (C=O) groups excluding carboxylic acids is 2. The minimum absolute atomic E-state index is 0.0000954. The van der Waals surface area contributed by atoms with Gasteiger partial charge in [0.2, 0.25) is 0 Å². The van der Waals surface area contributed by atoms with Crippen LogP contribution >= 0.6 is 11.8 Å². The Bertz CT molecular complexity index is 467. The molecule has 0 fully saturated rings. The lowest BCUT2D eigenvalue weighted by atomic mass is 10.1. The molecule has 0 atom stereocenters. The van der Waals surface area contributed by atoms with Crippen LogP contribution in [-0.4, -0.2) is 29.0 Å². The number of hydrogen-bond acceptors (Lipinski definition) is 3. The normalized spacial score (nSPS) is 10.3. The molecule has 1 aromatic carbocycles. The molecule has 0 unspecified atom stereocenters. The average molecular weight is 279 g/mol. The third-order valence-corrected chi connectivity index (χ3v) is 4.26. The molecule has 0 N–H and O–H groups in total. The molecule has 1 rings (SSSR count). The van der Waals surface area contributed by atoms with E-state index in [0.717, 1.165) is 10.5 Å². The standard InChI is InChI=1S/C15H21NO2S/c1-5-13(17)19-14-11(4)9-8-10-12(14)15(18)16(6-2)7-3/h8-10H,5-7H2,1-4H3. The molecule has 1 aromatic rings. The molecule has 1 amide bonds. The first-order valence-electron chi connectivity index (χ1n) is 6.64. The third-order valence-electron chi connectivity index (χ3n) is 3.00. The molecule has 0 aliphatic heterocycles. The van der Waals surface area contributed by atoms with E-state index in [1.165, 1.54) is 11.8 Å². The second kappa shape index (κ2) is 7.34. The van der Waals surface area contributed by atoms with E-state index in [-0.39, 0.29) is 11.0 Å². The summed E-state index contributed by atoms with van der Waals surface area (Å²) in [6, 6.07) is 5.61. The van der Waals surface area contributed by atoms with Gasteiger partial charge in [-0.25, -0.2) is 0 Å². The van der Waals surface area contributed by atoms with Gasteiger partial charge in [0.15, 0.2) is 5.12 Å². The molecule has 0 aliphatic carbocycles. The van der Waals surface area contributed by atoms with Crippen molar-refractivity contribution in [1.82, 2.24) is 4.90 Å². The van der Waals surface area contributed by atoms with Crippen LogP contribution in [0.4, 0.5) is 0 Å². The third kappa shape index (κ3) is 3.83. The second-order valence-corrected chi connectivity index (χ2v) is 5.32. The van der Waals surface area contributed by atoms with Gasteiger partial charge in [-0.3, -0.25) is 9.59 Å². The highest BCUT2D eigenvalue weighted by Gasteiger charge is 2.19. The lowest BCUT2D eigenvalue weighted by Crippen LogP contribution is -2.31. The summed E-state index contributed by atoms with van der Waals surface area (Å²) >= 11 is 1.18. The summed E-state index contributed by atoms with van der Waals surface area (Å²) in [5.41, 5.74) is 1.61. The Balaban J connectivity index is 3.16. The predicted molar refractivity (Wildman–Crippen MR) is 79.6 cm³/mol. The van der Waals surface area contributed by atoms with E-state index in [2.05, 4.69) is 0 Å². The second-order valence-electron chi connectivity index (χ2n) is 4.26. The Morgan fingerprint density at radius 2 is 1.79 bits per heavy atom. The van der Waals surface area contributed by atoms with Crippen LogP contribution in [0, 0.1) is 6.92 Å². The minimum Gasteiger partial charge on any atom is -0.339 e. The SMILES string of the molecule is CCC(=O)Sc1c(C)cccc1C(=O)N(CC)CC. The molecule has 19 heavy (non-hydrogen) atoms. The maximum absolute atomic E-state index is 12.5. The number of rotatable bonds is 5. The zero-order valence-corrected chi connectivity index (χ0v) is 12.8. The number of amides is 1. The molecular formula is C15H21NO2S. The van der Waals surface area contributed by atoms with Crippen LogP contribution in [0.2, 0.25) is 0 Å². The molecule has 0 saturated carbocycles. The number of benzene rings is 1. The van der Waals surface area contributed by atoms with E-state index in [1.54, 1.807) is 11.0 Å². The van der Waals surface area contributed by atoms with Crippen LogP contribution in [0.25, 0.3) is 0 Å². The fourth-order valence-corrected chi connectivity index (χ4v) is 2.69. The predicted octanol–water partition coefficient (Wildman–Crippen LogP) is 3.51. The molecule has 3 nitrogen and oxygen atoms in total. The maximum atomic E-state index is 12.5. The van der Waals surface area contributed by atoms with Gasteiger partial charge < -0.3 is 4.90 Å². The van der Waals surface area contributed by atoms with Gasteiger partial charge in [-0.1, -0.05) is 30.8 Å². The summed E-state index contributed by atoms with van der Waals surface area (Å²) in [4.78, 5) is 26.7. The molecule has 104 valence electrons. The van der Waals surface area contributed by atoms with Gasteiger partial charge in [-0.15, -0.1) is 0 Å². The largest absolute Gasteiger partial charge is 0.339 e. The van der Waals surface area contributed by atoms with Gasteiger partial charge in [0.05, 0.1) is 5.56 Å². The molecule has 0 heterocycles. The smallest absolute Gasteiger partial charge is 0.254 e. The quantitative estimate of drug-likeness (QED) is 0.774. The number of aryl methyl sites for hydroxylation is 1. The van der Waals surface area contributed by atoms with Crippen molar-refractivity contribution in [2.24, 2.45) is 0 Å². The summed E-state index contributed by atoms with van der Waals surface area (Å²) in [5.74, 6) is 0.0000954. The molecule has 0 aromatic heterocycles. The Morgan fingerprint density at radius 3 is 2.32 bits per heavy atom. The van der Waals surface area contributed by atoms with Crippen molar-refractivity contribution in [3.63, 3.8) is 0 Å². The zero-order chi connectivity index (χ0) is 14.4. The van der Waals surface area contributed by atoms with Gasteiger partial charge in [0, 0.05) is 24.4 Å². The van der Waals surface area contributed by atoms with Gasteiger partial charge in [0.1, 0.15) is 0 Å². The minimum atomic E-state index is 0.0000954. The number of hydrogen-bond donors (Lipinski definition) is 0. The van der Waals surface area contributed by atoms with E-state index in [0.29, 0.717) is 25.1 Å². The molecule has 4 heteroatoms. The van der Waals surface area contributed by atoms with E-state index < -0.39 is 0 Å². The van der Waals surface area contributed by atoms with Crippen molar-refractivity contribution in [2.45, 2.75) is 39.0 Å². The van der Waals surface area contributed by atoms with E-state index in [1.807, 2.05) is 39.8 Å². The summed E-state index contributed by atoms with van der Waals surface area (Å²) < 4.78 is 0. The Labute approximate surface area is 119 Å². The van der Waals surface area contributed by atoms with Crippen molar-refractivity contribution in [2.75, 3.05) is 13.1 Å². The summed E-state index contributed by atoms with van der Waals surface area (Å²) in [6.07, 6.45) is 0.470. The first-order valence-corrected chi connectivity index (χ1v) is 7.46. The molecular weight excluding hydrogens is 258 g/mol. The Kier molecular flexibility index (Phi) is 6.09. The molecule has 0 spiro atoms. The van der Waals surface area contributed by atoms with Gasteiger partial charge in [0.25, 0.3) is 5.91 Å². The monoisotopic (exact) mass is 279 g/mol. The lowest BCUT2D eigenvalue weighted by molar-refractivity contribution is -0.110. The number of nitrogens with zero attached hydrogens (tertiary/aromatic N) is 1. The average Bonchev–Trinajstić information content (AvgIpc) is 2.42. The number of carbonyl (C=O) groups is 2. The molecule has 0 radical (unpaired) electrons. The van der Waals surface area contributed by atoms with Crippen LogP contribution in [-0.2, 0) is 4.79 Å². The van der Waals surface area contributed by atoms with Crippen molar-refractivity contribution in [3.05, 3.63) is 29.3 Å². The van der Waals surface area contributed by atoms with Crippen molar-refractivity contribution in [3.8, 4) is 0 Å². The molecule has 0 saturated heterocycles. The van der Waals surface area contributed by atoms with Gasteiger partial charge in [-0.05, 0) is 32.4 Å². The van der Waals surface area contributed by atoms with Crippen molar-refractivity contribution >= 4 is 22.8 Å². The fraction of sp³-hybridized carbons (Fsp3) is 0.467. The van der Waals surface area contributed by atoms with E-state index in [9.17, 15) is 9.59 Å². The van der Waals surface area contributed by atoms with Crippen LogP contribution < -0.4 is 0 Å². The molecule has 0 aliphatic rings. The van der Waals surface area contributed by atoms with Crippen LogP contribution in [0.15, 0.2) is 23.1 Å². The Morgan fingerprint density at radius 1 is 1.16 bits per heavy atom. The highest BCUT2D eigenvalue weighted by atomic mass is 32.2. The van der Waals surface area contributed by atoms with Crippen LogP contribution in [0.3, 0.4) is 0 Å². The highest BCUT2D eigenvalue weighted by Crippen LogP contribution is 2.29. The van der Waals surface area contributed by atoms with Gasteiger partial charge in [-0.2, -0.15) is 0 Å². The first kappa shape index (κ1) is 15.8. The topological polar surface area (TPSA) is 37.4 Å². The van der Waals surface area contributed by atoms with Crippen molar-refractivity contribution in [1.29, 1.82) is 0 Å². The first-order chi connectivity index (χ1) is 9.04. The maximum Gasteiger partial charge on any atom is 0.254 e. The van der Waals surface area contributed by atoms with Crippen LogP contribution in [0.1, 0.15) is 43.1 Å². The fourth-order valence-electron chi connectivity index (χ4n) is 1.82. The zero-order valence-electron chi connectivity index (χ0n) is 12.0. The summed E-state index contributed by atoms with van der Waals surface area (Å²) in [6.45, 7) is 9.04.